The van der Waals surface area contributed by atoms with E-state index in [2.05, 4.69) is 19.2 Å². The monoisotopic (exact) mass is 349 g/mol. The first-order valence-corrected chi connectivity index (χ1v) is 9.13. The van der Waals surface area contributed by atoms with Crippen molar-refractivity contribution < 1.29 is 9.90 Å². The number of rotatable bonds is 8. The topological polar surface area (TPSA) is 78.6 Å². The van der Waals surface area contributed by atoms with E-state index in [4.69, 9.17) is 5.73 Å². The van der Waals surface area contributed by atoms with E-state index in [0.29, 0.717) is 18.9 Å². The summed E-state index contributed by atoms with van der Waals surface area (Å²) in [6, 6.07) is 9.30. The van der Waals surface area contributed by atoms with Crippen LogP contribution < -0.4 is 11.1 Å². The third-order valence-corrected chi connectivity index (χ3v) is 3.96. The van der Waals surface area contributed by atoms with Crippen molar-refractivity contribution in [3.8, 4) is 0 Å². The first-order valence-electron chi connectivity index (χ1n) is 9.13. The number of nitrogens with zero attached hydrogens (tertiary/aromatic N) is 1. The van der Waals surface area contributed by atoms with Crippen LogP contribution in [0.5, 0.6) is 0 Å². The number of urea groups is 1. The van der Waals surface area contributed by atoms with Crippen molar-refractivity contribution in [1.82, 2.24) is 10.2 Å². The molecule has 1 aromatic carbocycles. The number of nitrogens with two attached hydrogens (primary N) is 1. The molecule has 0 aliphatic carbocycles. The van der Waals surface area contributed by atoms with Crippen LogP contribution in [0.25, 0.3) is 0 Å². The van der Waals surface area contributed by atoms with Gasteiger partial charge in [-0.05, 0) is 45.1 Å². The molecule has 0 bridgehead atoms. The maximum Gasteiger partial charge on any atom is 0.317 e. The van der Waals surface area contributed by atoms with Gasteiger partial charge in [0.1, 0.15) is 0 Å². The van der Waals surface area contributed by atoms with Crippen LogP contribution in [0.15, 0.2) is 30.3 Å². The molecule has 5 heteroatoms. The highest BCUT2D eigenvalue weighted by molar-refractivity contribution is 5.75. The van der Waals surface area contributed by atoms with Gasteiger partial charge in [0.15, 0.2) is 0 Å². The minimum absolute atomic E-state index is 0.154. The summed E-state index contributed by atoms with van der Waals surface area (Å²) in [5, 5.41) is 13.5. The average Bonchev–Trinajstić information content (AvgIpc) is 2.50. The standard InChI is InChI=1S/C20H35N3O2/c1-15(2)11-12-23(19(25)22-20(3,4)5)14-18(24)17(21)13-16-9-7-6-8-10-16/h6-10,15,17-18,24H,11-14,21H2,1-5H3,(H,22,25). The van der Waals surface area contributed by atoms with Crippen molar-refractivity contribution in [2.75, 3.05) is 13.1 Å². The number of carbonyl (C=O) groups excluding carboxylic acids is 1. The van der Waals surface area contributed by atoms with Crippen LogP contribution in [0, 0.1) is 5.92 Å². The molecular weight excluding hydrogens is 314 g/mol. The van der Waals surface area contributed by atoms with Crippen molar-refractivity contribution in [3.63, 3.8) is 0 Å². The van der Waals surface area contributed by atoms with Gasteiger partial charge >= 0.3 is 6.03 Å². The lowest BCUT2D eigenvalue weighted by Gasteiger charge is -2.31. The first kappa shape index (κ1) is 21.5. The third kappa shape index (κ3) is 8.89. The Balaban J connectivity index is 2.68. The predicted octanol–water partition coefficient (Wildman–Crippen LogP) is 2.77. The van der Waals surface area contributed by atoms with E-state index in [1.807, 2.05) is 51.1 Å². The van der Waals surface area contributed by atoms with Crippen molar-refractivity contribution in [3.05, 3.63) is 35.9 Å². The number of benzene rings is 1. The molecule has 0 fully saturated rings. The SMILES string of the molecule is CC(C)CCN(CC(O)C(N)Cc1ccccc1)C(=O)NC(C)(C)C. The molecule has 0 saturated carbocycles. The van der Waals surface area contributed by atoms with Gasteiger partial charge in [-0.25, -0.2) is 4.79 Å². The number of nitrogens with one attached hydrogen (secondary N) is 1. The zero-order valence-corrected chi connectivity index (χ0v) is 16.3. The molecule has 4 N–H and O–H groups in total. The number of aliphatic hydroxyl groups excluding tert-OH is 1. The molecule has 1 rings (SSSR count). The Hall–Kier alpha value is -1.59. The zero-order valence-electron chi connectivity index (χ0n) is 16.3. The average molecular weight is 350 g/mol. The molecule has 0 spiro atoms. The minimum Gasteiger partial charge on any atom is -0.390 e. The molecule has 0 radical (unpaired) electrons. The lowest BCUT2D eigenvalue weighted by Crippen LogP contribution is -2.53. The summed E-state index contributed by atoms with van der Waals surface area (Å²) < 4.78 is 0. The van der Waals surface area contributed by atoms with Gasteiger partial charge in [-0.3, -0.25) is 0 Å². The normalized spacial score (nSPS) is 14.2. The second-order valence-electron chi connectivity index (χ2n) is 8.23. The highest BCUT2D eigenvalue weighted by atomic mass is 16.3. The molecule has 0 heterocycles. The Bertz CT molecular complexity index is 511. The fraction of sp³-hybridized carbons (Fsp3) is 0.650. The molecule has 2 unspecified atom stereocenters. The highest BCUT2D eigenvalue weighted by Crippen LogP contribution is 2.10. The van der Waals surface area contributed by atoms with Gasteiger partial charge in [-0.1, -0.05) is 44.2 Å². The van der Waals surface area contributed by atoms with E-state index in [1.54, 1.807) is 4.90 Å². The largest absolute Gasteiger partial charge is 0.390 e. The molecule has 0 aliphatic heterocycles. The maximum absolute atomic E-state index is 12.6. The van der Waals surface area contributed by atoms with Gasteiger partial charge in [-0.15, -0.1) is 0 Å². The van der Waals surface area contributed by atoms with Crippen molar-refractivity contribution >= 4 is 6.03 Å². The third-order valence-electron chi connectivity index (χ3n) is 3.96. The van der Waals surface area contributed by atoms with Crippen LogP contribution in [0.2, 0.25) is 0 Å². The highest BCUT2D eigenvalue weighted by Gasteiger charge is 2.24. The van der Waals surface area contributed by atoms with Crippen molar-refractivity contribution in [2.24, 2.45) is 11.7 Å². The van der Waals surface area contributed by atoms with E-state index in [0.717, 1.165) is 12.0 Å². The summed E-state index contributed by atoms with van der Waals surface area (Å²) >= 11 is 0. The van der Waals surface area contributed by atoms with E-state index in [-0.39, 0.29) is 18.1 Å². The minimum atomic E-state index is -0.766. The molecule has 5 nitrogen and oxygen atoms in total. The van der Waals surface area contributed by atoms with E-state index < -0.39 is 12.1 Å². The summed E-state index contributed by atoms with van der Waals surface area (Å²) in [5.74, 6) is 0.486. The number of hydrogen-bond donors (Lipinski definition) is 3. The van der Waals surface area contributed by atoms with Crippen molar-refractivity contribution in [1.29, 1.82) is 0 Å². The van der Waals surface area contributed by atoms with Crippen LogP contribution in [0.1, 0.15) is 46.6 Å². The van der Waals surface area contributed by atoms with Crippen LogP contribution in [-0.2, 0) is 6.42 Å². The Labute approximate surface area is 152 Å². The van der Waals surface area contributed by atoms with Crippen LogP contribution in [0.3, 0.4) is 0 Å². The molecule has 2 amide bonds. The zero-order chi connectivity index (χ0) is 19.0. The lowest BCUT2D eigenvalue weighted by molar-refractivity contribution is 0.0962. The Morgan fingerprint density at radius 3 is 2.36 bits per heavy atom. The van der Waals surface area contributed by atoms with Crippen LogP contribution in [-0.4, -0.2) is 46.8 Å². The number of aliphatic hydroxyl groups is 1. The summed E-state index contributed by atoms with van der Waals surface area (Å²) in [6.45, 7) is 10.9. The summed E-state index contributed by atoms with van der Waals surface area (Å²) in [6.07, 6.45) is 0.706. The second kappa shape index (κ2) is 9.78. The summed E-state index contributed by atoms with van der Waals surface area (Å²) in [7, 11) is 0. The fourth-order valence-electron chi connectivity index (χ4n) is 2.47. The van der Waals surface area contributed by atoms with E-state index >= 15 is 0 Å². The molecular formula is C20H35N3O2. The van der Waals surface area contributed by atoms with Crippen molar-refractivity contribution in [2.45, 2.75) is 65.1 Å². The molecule has 142 valence electrons. The van der Waals surface area contributed by atoms with Gasteiger partial charge in [0, 0.05) is 24.7 Å². The first-order chi connectivity index (χ1) is 11.6. The Morgan fingerprint density at radius 2 is 1.84 bits per heavy atom. The van der Waals surface area contributed by atoms with Gasteiger partial charge in [0.25, 0.3) is 0 Å². The number of amides is 2. The molecule has 0 saturated heterocycles. The lowest BCUT2D eigenvalue weighted by atomic mass is 10.0. The maximum atomic E-state index is 12.6. The van der Waals surface area contributed by atoms with Crippen LogP contribution in [0.4, 0.5) is 4.79 Å². The molecule has 0 aliphatic rings. The van der Waals surface area contributed by atoms with Gasteiger partial charge < -0.3 is 21.1 Å². The van der Waals surface area contributed by atoms with Gasteiger partial charge in [-0.2, -0.15) is 0 Å². The van der Waals surface area contributed by atoms with Crippen LogP contribution >= 0.6 is 0 Å². The molecule has 25 heavy (non-hydrogen) atoms. The summed E-state index contributed by atoms with van der Waals surface area (Å²) in [4.78, 5) is 14.2. The van der Waals surface area contributed by atoms with Gasteiger partial charge in [0.05, 0.1) is 6.10 Å². The smallest absolute Gasteiger partial charge is 0.317 e. The van der Waals surface area contributed by atoms with E-state index in [9.17, 15) is 9.90 Å². The fourth-order valence-corrected chi connectivity index (χ4v) is 2.47. The number of carbonyl (C=O) groups is 1. The quantitative estimate of drug-likeness (QED) is 0.675. The molecule has 0 aromatic heterocycles. The van der Waals surface area contributed by atoms with E-state index in [1.165, 1.54) is 0 Å². The number of hydrogen-bond acceptors (Lipinski definition) is 3. The molecule has 1 aromatic rings. The predicted molar refractivity (Wildman–Crippen MR) is 103 cm³/mol. The summed E-state index contributed by atoms with van der Waals surface area (Å²) in [5.41, 5.74) is 6.94. The second-order valence-corrected chi connectivity index (χ2v) is 8.23. The Morgan fingerprint density at radius 1 is 1.24 bits per heavy atom. The Kier molecular flexibility index (Phi) is 8.39. The van der Waals surface area contributed by atoms with Gasteiger partial charge in [0.2, 0.25) is 0 Å². The molecule has 2 atom stereocenters.